The first-order chi connectivity index (χ1) is 15.0. The van der Waals surface area contributed by atoms with Gasteiger partial charge in [-0.15, -0.1) is 0 Å². The van der Waals surface area contributed by atoms with Gasteiger partial charge >= 0.3 is 0 Å². The van der Waals surface area contributed by atoms with Crippen molar-refractivity contribution in [3.8, 4) is 11.5 Å². The summed E-state index contributed by atoms with van der Waals surface area (Å²) in [4.78, 5) is 23.7. The maximum absolute atomic E-state index is 12.4. The summed E-state index contributed by atoms with van der Waals surface area (Å²) in [5.41, 5.74) is 2.50. The van der Waals surface area contributed by atoms with Gasteiger partial charge in [0.15, 0.2) is 0 Å². The second-order valence-corrected chi connectivity index (χ2v) is 8.03. The zero-order valence-corrected chi connectivity index (χ0v) is 18.2. The van der Waals surface area contributed by atoms with Gasteiger partial charge in [0.1, 0.15) is 11.6 Å². The molecule has 0 spiro atoms. The fourth-order valence-corrected chi connectivity index (χ4v) is 3.78. The number of benzene rings is 1. The van der Waals surface area contributed by atoms with E-state index in [1.54, 1.807) is 0 Å². The Kier molecular flexibility index (Phi) is 6.32. The Morgan fingerprint density at radius 2 is 1.87 bits per heavy atom. The van der Waals surface area contributed by atoms with Crippen LogP contribution in [0.25, 0.3) is 11.5 Å². The molecule has 7 nitrogen and oxygen atoms in total. The van der Waals surface area contributed by atoms with Crippen LogP contribution in [0.5, 0.6) is 0 Å². The van der Waals surface area contributed by atoms with Gasteiger partial charge in [0.05, 0.1) is 24.3 Å². The van der Waals surface area contributed by atoms with Gasteiger partial charge in [0, 0.05) is 31.4 Å². The summed E-state index contributed by atoms with van der Waals surface area (Å²) in [7, 11) is 0. The smallest absolute Gasteiger partial charge is 0.226 e. The topological polar surface area (TPSA) is 80.5 Å². The number of hydrogen-bond donors (Lipinski definition) is 1. The third-order valence-corrected chi connectivity index (χ3v) is 5.28. The van der Waals surface area contributed by atoms with E-state index in [-0.39, 0.29) is 24.5 Å². The highest BCUT2D eigenvalue weighted by molar-refractivity contribution is 5.78. The average molecular weight is 421 g/mol. The molecule has 1 N–H and O–H groups in total. The minimum absolute atomic E-state index is 0.101. The van der Waals surface area contributed by atoms with Crippen molar-refractivity contribution < 1.29 is 13.9 Å². The lowest BCUT2D eigenvalue weighted by Crippen LogP contribution is -2.45. The van der Waals surface area contributed by atoms with Gasteiger partial charge in [0.2, 0.25) is 11.8 Å². The van der Waals surface area contributed by atoms with E-state index >= 15 is 0 Å². The van der Waals surface area contributed by atoms with Gasteiger partial charge in [-0.25, -0.2) is 9.97 Å². The monoisotopic (exact) mass is 420 g/mol. The van der Waals surface area contributed by atoms with Crippen molar-refractivity contribution in [2.45, 2.75) is 45.9 Å². The van der Waals surface area contributed by atoms with Crippen molar-refractivity contribution in [2.75, 3.05) is 18.0 Å². The Morgan fingerprint density at radius 3 is 2.55 bits per heavy atom. The number of carbonyl (C=O) groups is 1. The molecule has 3 heterocycles. The Balaban J connectivity index is 1.32. The Labute approximate surface area is 182 Å². The van der Waals surface area contributed by atoms with Crippen molar-refractivity contribution in [1.82, 2.24) is 15.3 Å². The molecule has 7 heteroatoms. The van der Waals surface area contributed by atoms with Crippen LogP contribution in [0.3, 0.4) is 0 Å². The van der Waals surface area contributed by atoms with Gasteiger partial charge in [-0.2, -0.15) is 0 Å². The first-order valence-electron chi connectivity index (χ1n) is 10.6. The molecule has 1 fully saturated rings. The van der Waals surface area contributed by atoms with Gasteiger partial charge in [-0.3, -0.25) is 4.79 Å². The van der Waals surface area contributed by atoms with E-state index in [1.807, 2.05) is 55.6 Å². The van der Waals surface area contributed by atoms with E-state index in [0.29, 0.717) is 23.9 Å². The number of carbonyl (C=O) groups excluding carboxylic acids is 1. The van der Waals surface area contributed by atoms with E-state index < -0.39 is 0 Å². The third-order valence-electron chi connectivity index (χ3n) is 5.28. The summed E-state index contributed by atoms with van der Waals surface area (Å²) in [5.74, 6) is 2.03. The van der Waals surface area contributed by atoms with Gasteiger partial charge < -0.3 is 19.4 Å². The van der Waals surface area contributed by atoms with E-state index in [1.165, 1.54) is 0 Å². The highest BCUT2D eigenvalue weighted by Gasteiger charge is 2.23. The quantitative estimate of drug-likeness (QED) is 0.657. The molecule has 2 aromatic heterocycles. The largest absolute Gasteiger partial charge is 0.441 e. The minimum Gasteiger partial charge on any atom is -0.441 e. The van der Waals surface area contributed by atoms with Crippen LogP contribution in [0.4, 0.5) is 5.82 Å². The predicted molar refractivity (Wildman–Crippen MR) is 119 cm³/mol. The minimum atomic E-state index is -0.101. The zero-order valence-electron chi connectivity index (χ0n) is 18.2. The van der Waals surface area contributed by atoms with Crippen molar-refractivity contribution >= 4 is 11.7 Å². The molecule has 1 saturated heterocycles. The summed E-state index contributed by atoms with van der Waals surface area (Å²) < 4.78 is 11.5. The number of oxazole rings is 1. The van der Waals surface area contributed by atoms with Crippen LogP contribution in [0.1, 0.15) is 30.9 Å². The van der Waals surface area contributed by atoms with E-state index in [4.69, 9.17) is 9.15 Å². The van der Waals surface area contributed by atoms with Crippen molar-refractivity contribution in [3.05, 3.63) is 65.7 Å². The molecular weight excluding hydrogens is 392 g/mol. The SMILES string of the molecule is Cc1oc(-c2ccccc2)nc1CC(=O)NCc1ccc(N2C[C@@H](C)O[C@@H](C)C2)nc1. The van der Waals surface area contributed by atoms with Crippen molar-refractivity contribution in [1.29, 1.82) is 0 Å². The Bertz CT molecular complexity index is 1010. The zero-order chi connectivity index (χ0) is 21.8. The van der Waals surface area contributed by atoms with Crippen LogP contribution < -0.4 is 10.2 Å². The Hall–Kier alpha value is -3.19. The lowest BCUT2D eigenvalue weighted by atomic mass is 10.2. The number of amides is 1. The standard InChI is InChI=1S/C24H28N4O3/c1-16-14-28(15-17(2)30-16)22-10-9-19(12-25-22)13-26-23(29)11-21-18(3)31-24(27-21)20-7-5-4-6-8-20/h4-10,12,16-17H,11,13-15H2,1-3H3,(H,26,29)/t16-,17+. The molecule has 2 atom stereocenters. The lowest BCUT2D eigenvalue weighted by molar-refractivity contribution is -0.120. The summed E-state index contributed by atoms with van der Waals surface area (Å²) in [6, 6.07) is 13.7. The normalized spacial score (nSPS) is 18.7. The predicted octanol–water partition coefficient (Wildman–Crippen LogP) is 3.52. The van der Waals surface area contributed by atoms with Gasteiger partial charge in [-0.05, 0) is 44.5 Å². The summed E-state index contributed by atoms with van der Waals surface area (Å²) in [6.45, 7) is 8.06. The fourth-order valence-electron chi connectivity index (χ4n) is 3.78. The summed E-state index contributed by atoms with van der Waals surface area (Å²) in [5, 5.41) is 2.94. The lowest BCUT2D eigenvalue weighted by Gasteiger charge is -2.36. The molecule has 162 valence electrons. The van der Waals surface area contributed by atoms with Crippen LogP contribution in [0.15, 0.2) is 53.1 Å². The average Bonchev–Trinajstić information content (AvgIpc) is 3.13. The molecule has 1 amide bonds. The van der Waals surface area contributed by atoms with E-state index in [2.05, 4.69) is 34.0 Å². The second-order valence-electron chi connectivity index (χ2n) is 8.03. The molecule has 0 bridgehead atoms. The molecule has 0 unspecified atom stereocenters. The number of morpholine rings is 1. The number of ether oxygens (including phenoxy) is 1. The number of hydrogen-bond acceptors (Lipinski definition) is 6. The fraction of sp³-hybridized carbons (Fsp3) is 0.375. The number of nitrogens with one attached hydrogen (secondary N) is 1. The molecule has 0 saturated carbocycles. The highest BCUT2D eigenvalue weighted by atomic mass is 16.5. The molecule has 3 aromatic rings. The maximum Gasteiger partial charge on any atom is 0.226 e. The molecule has 4 rings (SSSR count). The van der Waals surface area contributed by atoms with Crippen LogP contribution in [0.2, 0.25) is 0 Å². The molecule has 1 aromatic carbocycles. The van der Waals surface area contributed by atoms with Crippen LogP contribution >= 0.6 is 0 Å². The number of pyridine rings is 1. The summed E-state index contributed by atoms with van der Waals surface area (Å²) in [6.07, 6.45) is 2.37. The summed E-state index contributed by atoms with van der Waals surface area (Å²) >= 11 is 0. The van der Waals surface area contributed by atoms with Crippen LogP contribution in [0, 0.1) is 6.92 Å². The Morgan fingerprint density at radius 1 is 1.13 bits per heavy atom. The molecule has 1 aliphatic rings. The number of nitrogens with zero attached hydrogens (tertiary/aromatic N) is 3. The van der Waals surface area contributed by atoms with Gasteiger partial charge in [0.25, 0.3) is 0 Å². The number of anilines is 1. The molecule has 0 aliphatic carbocycles. The molecular formula is C24H28N4O3. The van der Waals surface area contributed by atoms with Crippen LogP contribution in [-0.2, 0) is 22.5 Å². The van der Waals surface area contributed by atoms with Crippen molar-refractivity contribution in [2.24, 2.45) is 0 Å². The third kappa shape index (κ3) is 5.30. The van der Waals surface area contributed by atoms with Gasteiger partial charge in [-0.1, -0.05) is 24.3 Å². The molecule has 0 radical (unpaired) electrons. The highest BCUT2D eigenvalue weighted by Crippen LogP contribution is 2.22. The van der Waals surface area contributed by atoms with E-state index in [9.17, 15) is 4.79 Å². The molecule has 31 heavy (non-hydrogen) atoms. The number of aryl methyl sites for hydroxylation is 1. The first kappa shape index (κ1) is 21.1. The first-order valence-corrected chi connectivity index (χ1v) is 10.6. The van der Waals surface area contributed by atoms with E-state index in [0.717, 1.165) is 30.0 Å². The van der Waals surface area contributed by atoms with Crippen molar-refractivity contribution in [3.63, 3.8) is 0 Å². The number of rotatable bonds is 6. The maximum atomic E-state index is 12.4. The van der Waals surface area contributed by atoms with Crippen LogP contribution in [-0.4, -0.2) is 41.2 Å². The number of aromatic nitrogens is 2. The second kappa shape index (κ2) is 9.31. The molecule has 1 aliphatic heterocycles.